The van der Waals surface area contributed by atoms with Gasteiger partial charge in [-0.25, -0.2) is 4.68 Å². The van der Waals surface area contributed by atoms with Crippen molar-refractivity contribution in [2.45, 2.75) is 38.6 Å². The molecule has 2 heterocycles. The number of amides is 2. The van der Waals surface area contributed by atoms with E-state index in [2.05, 4.69) is 5.10 Å². The van der Waals surface area contributed by atoms with E-state index in [1.165, 1.54) is 25.7 Å². The summed E-state index contributed by atoms with van der Waals surface area (Å²) in [6.45, 7) is 1.32. The third-order valence-corrected chi connectivity index (χ3v) is 6.03. The summed E-state index contributed by atoms with van der Waals surface area (Å²) in [5.74, 6) is 0.458. The van der Waals surface area contributed by atoms with Crippen molar-refractivity contribution in [3.63, 3.8) is 0 Å². The van der Waals surface area contributed by atoms with Gasteiger partial charge in [0.2, 0.25) is 5.91 Å². The van der Waals surface area contributed by atoms with Gasteiger partial charge in [0, 0.05) is 18.5 Å². The fraction of sp³-hybridized carbons (Fsp3) is 0.500. The summed E-state index contributed by atoms with van der Waals surface area (Å²) >= 11 is 0. The van der Waals surface area contributed by atoms with Crippen molar-refractivity contribution in [2.24, 2.45) is 17.6 Å². The molecule has 1 aliphatic carbocycles. The predicted molar refractivity (Wildman–Crippen MR) is 101 cm³/mol. The molecule has 1 saturated heterocycles. The molecule has 2 aliphatic rings. The molecular weight excluding hydrogens is 344 g/mol. The smallest absolute Gasteiger partial charge is 0.275 e. The van der Waals surface area contributed by atoms with Gasteiger partial charge in [-0.1, -0.05) is 37.5 Å². The highest BCUT2D eigenvalue weighted by Gasteiger charge is 2.33. The average Bonchev–Trinajstić information content (AvgIpc) is 2.69. The van der Waals surface area contributed by atoms with Crippen molar-refractivity contribution < 1.29 is 9.59 Å². The molecule has 0 bridgehead atoms. The van der Waals surface area contributed by atoms with Crippen LogP contribution in [-0.4, -0.2) is 39.6 Å². The van der Waals surface area contributed by atoms with Crippen molar-refractivity contribution >= 4 is 22.6 Å². The molecule has 1 saturated carbocycles. The number of benzene rings is 1. The Morgan fingerprint density at radius 2 is 1.78 bits per heavy atom. The molecule has 142 valence electrons. The number of rotatable bonds is 3. The van der Waals surface area contributed by atoms with Gasteiger partial charge in [0.1, 0.15) is 6.54 Å². The Bertz CT molecular complexity index is 952. The lowest BCUT2D eigenvalue weighted by atomic mass is 9.75. The number of fused-ring (bicyclic) bond motifs is 2. The van der Waals surface area contributed by atoms with Gasteiger partial charge < -0.3 is 10.6 Å². The highest BCUT2D eigenvalue weighted by Crippen LogP contribution is 2.36. The van der Waals surface area contributed by atoms with Crippen LogP contribution < -0.4 is 11.3 Å². The van der Waals surface area contributed by atoms with Crippen LogP contribution >= 0.6 is 0 Å². The minimum Gasteiger partial charge on any atom is -0.364 e. The number of likely N-dealkylation sites (tertiary alicyclic amines) is 1. The fourth-order valence-electron chi connectivity index (χ4n) is 4.58. The zero-order valence-corrected chi connectivity index (χ0v) is 15.3. The van der Waals surface area contributed by atoms with E-state index in [-0.39, 0.29) is 23.7 Å². The first-order valence-corrected chi connectivity index (χ1v) is 9.62. The fourth-order valence-corrected chi connectivity index (χ4v) is 4.58. The van der Waals surface area contributed by atoms with Crippen LogP contribution in [-0.2, 0) is 11.3 Å². The first kappa shape index (κ1) is 17.7. The molecule has 27 heavy (non-hydrogen) atoms. The first-order valence-electron chi connectivity index (χ1n) is 9.62. The van der Waals surface area contributed by atoms with Crippen LogP contribution in [0.4, 0.5) is 0 Å². The van der Waals surface area contributed by atoms with Crippen LogP contribution in [0.5, 0.6) is 0 Å². The monoisotopic (exact) mass is 368 g/mol. The van der Waals surface area contributed by atoms with E-state index in [0.29, 0.717) is 16.7 Å². The largest absolute Gasteiger partial charge is 0.364 e. The van der Waals surface area contributed by atoms with E-state index in [0.717, 1.165) is 30.1 Å². The van der Waals surface area contributed by atoms with Gasteiger partial charge in [0.25, 0.3) is 11.5 Å². The number of nitrogens with two attached hydrogens (primary N) is 1. The number of carbonyl (C=O) groups excluding carboxylic acids is 2. The van der Waals surface area contributed by atoms with Gasteiger partial charge in [-0.2, -0.15) is 5.10 Å². The molecule has 2 atom stereocenters. The number of hydrogen-bond acceptors (Lipinski definition) is 4. The van der Waals surface area contributed by atoms with Crippen LogP contribution in [0.3, 0.4) is 0 Å². The number of hydrogen-bond donors (Lipinski definition) is 1. The van der Waals surface area contributed by atoms with Gasteiger partial charge >= 0.3 is 0 Å². The summed E-state index contributed by atoms with van der Waals surface area (Å²) in [6, 6.07) is 6.71. The second kappa shape index (κ2) is 7.13. The molecule has 7 heteroatoms. The lowest BCUT2D eigenvalue weighted by molar-refractivity contribution is -0.135. The number of primary amides is 1. The Balaban J connectivity index is 1.59. The highest BCUT2D eigenvalue weighted by atomic mass is 16.2. The average molecular weight is 368 g/mol. The van der Waals surface area contributed by atoms with Crippen molar-refractivity contribution in [3.05, 3.63) is 40.3 Å². The molecule has 4 rings (SSSR count). The van der Waals surface area contributed by atoms with E-state index in [1.807, 2.05) is 4.90 Å². The zero-order valence-electron chi connectivity index (χ0n) is 15.3. The first-order chi connectivity index (χ1) is 13.0. The molecule has 1 aromatic heterocycles. The molecule has 2 fully saturated rings. The molecule has 1 aromatic carbocycles. The molecule has 1 aliphatic heterocycles. The maximum Gasteiger partial charge on any atom is 0.275 e. The van der Waals surface area contributed by atoms with Gasteiger partial charge in [0.15, 0.2) is 5.69 Å². The molecule has 0 spiro atoms. The molecule has 2 aromatic rings. The summed E-state index contributed by atoms with van der Waals surface area (Å²) in [7, 11) is 0. The second-order valence-electron chi connectivity index (χ2n) is 7.65. The normalized spacial score (nSPS) is 22.4. The summed E-state index contributed by atoms with van der Waals surface area (Å²) in [4.78, 5) is 39.2. The van der Waals surface area contributed by atoms with Crippen molar-refractivity contribution in [1.29, 1.82) is 0 Å². The number of nitrogens with zero attached hydrogens (tertiary/aromatic N) is 3. The summed E-state index contributed by atoms with van der Waals surface area (Å²) in [5, 5.41) is 4.86. The minimum atomic E-state index is -0.713. The summed E-state index contributed by atoms with van der Waals surface area (Å²) in [6.07, 6.45) is 6.00. The van der Waals surface area contributed by atoms with Gasteiger partial charge in [-0.3, -0.25) is 14.4 Å². The highest BCUT2D eigenvalue weighted by molar-refractivity contribution is 6.04. The van der Waals surface area contributed by atoms with E-state index >= 15 is 0 Å². The second-order valence-corrected chi connectivity index (χ2v) is 7.65. The van der Waals surface area contributed by atoms with Crippen LogP contribution in [0.15, 0.2) is 29.1 Å². The SMILES string of the molecule is NC(=O)c1nn(CC(=O)N2CC[C@H]3CCCC[C@@H]3C2)c(=O)c2ccccc12. The van der Waals surface area contributed by atoms with Crippen molar-refractivity contribution in [1.82, 2.24) is 14.7 Å². The lowest BCUT2D eigenvalue weighted by Crippen LogP contribution is -2.47. The Kier molecular flexibility index (Phi) is 4.68. The zero-order chi connectivity index (χ0) is 19.0. The van der Waals surface area contributed by atoms with Crippen LogP contribution in [0.2, 0.25) is 0 Å². The molecule has 0 radical (unpaired) electrons. The van der Waals surface area contributed by atoms with Crippen LogP contribution in [0.25, 0.3) is 10.8 Å². The maximum absolute atomic E-state index is 12.8. The molecular formula is C20H24N4O3. The van der Waals surface area contributed by atoms with Gasteiger partial charge in [-0.15, -0.1) is 0 Å². The predicted octanol–water partition coefficient (Wildman–Crippen LogP) is 1.53. The molecule has 7 nitrogen and oxygen atoms in total. The molecule has 2 amide bonds. The summed E-state index contributed by atoms with van der Waals surface area (Å²) < 4.78 is 1.08. The Hall–Kier alpha value is -2.70. The number of carbonyl (C=O) groups is 2. The van der Waals surface area contributed by atoms with Gasteiger partial charge in [-0.05, 0) is 30.7 Å². The molecule has 0 unspecified atom stereocenters. The minimum absolute atomic E-state index is 0.0176. The Labute approximate surface area is 157 Å². The lowest BCUT2D eigenvalue weighted by Gasteiger charge is -2.41. The molecule has 2 N–H and O–H groups in total. The standard InChI is InChI=1S/C20H24N4O3/c21-19(26)18-15-7-3-4-8-16(15)20(27)24(22-18)12-17(25)23-10-9-13-5-1-2-6-14(13)11-23/h3-4,7-8,13-14H,1-2,5-6,9-12H2,(H2,21,26)/t13-,14-/m1/s1. The third-order valence-electron chi connectivity index (χ3n) is 6.03. The number of piperidine rings is 1. The van der Waals surface area contributed by atoms with Crippen LogP contribution in [0, 0.1) is 11.8 Å². The van der Waals surface area contributed by atoms with E-state index < -0.39 is 5.91 Å². The van der Waals surface area contributed by atoms with E-state index in [9.17, 15) is 14.4 Å². The van der Waals surface area contributed by atoms with Gasteiger partial charge in [0.05, 0.1) is 5.39 Å². The van der Waals surface area contributed by atoms with Crippen LogP contribution in [0.1, 0.15) is 42.6 Å². The van der Waals surface area contributed by atoms with Crippen molar-refractivity contribution in [2.75, 3.05) is 13.1 Å². The number of aromatic nitrogens is 2. The summed E-state index contributed by atoms with van der Waals surface area (Å²) in [5.41, 5.74) is 5.07. The topological polar surface area (TPSA) is 98.3 Å². The van der Waals surface area contributed by atoms with Crippen molar-refractivity contribution in [3.8, 4) is 0 Å². The van der Waals surface area contributed by atoms with E-state index in [1.54, 1.807) is 24.3 Å². The maximum atomic E-state index is 12.8. The van der Waals surface area contributed by atoms with E-state index in [4.69, 9.17) is 5.73 Å². The quantitative estimate of drug-likeness (QED) is 0.888. The Morgan fingerprint density at radius 3 is 2.52 bits per heavy atom. The third kappa shape index (κ3) is 3.34. The Morgan fingerprint density at radius 1 is 1.07 bits per heavy atom.